The Bertz CT molecular complexity index is 564. The maximum atomic E-state index is 12.4. The maximum absolute atomic E-state index is 12.4. The molecule has 0 unspecified atom stereocenters. The van der Waals surface area contributed by atoms with Crippen LogP contribution in [0.5, 0.6) is 0 Å². The molecule has 3 aliphatic rings. The fourth-order valence-electron chi connectivity index (χ4n) is 4.16. The van der Waals surface area contributed by atoms with Crippen molar-refractivity contribution in [3.8, 4) is 0 Å². The van der Waals surface area contributed by atoms with Crippen LogP contribution in [0.1, 0.15) is 24.0 Å². The first-order chi connectivity index (χ1) is 10.7. The summed E-state index contributed by atoms with van der Waals surface area (Å²) >= 11 is 0. The summed E-state index contributed by atoms with van der Waals surface area (Å²) in [5.74, 6) is 0.138. The smallest absolute Gasteiger partial charge is 0.248 e. The van der Waals surface area contributed by atoms with Crippen LogP contribution in [0.4, 0.5) is 0 Å². The van der Waals surface area contributed by atoms with Gasteiger partial charge >= 0.3 is 0 Å². The Morgan fingerprint density at radius 2 is 1.91 bits per heavy atom. The lowest BCUT2D eigenvalue weighted by molar-refractivity contribution is -0.138. The van der Waals surface area contributed by atoms with E-state index in [-0.39, 0.29) is 12.5 Å². The Balaban J connectivity index is 1.28. The molecule has 4 rings (SSSR count). The molecule has 0 atom stereocenters. The monoisotopic (exact) mass is 300 g/mol. The topological polar surface area (TPSA) is 32.8 Å². The fraction of sp³-hybridized carbons (Fsp3) is 0.611. The Hall–Kier alpha value is -1.39. The standard InChI is InChI=1S/C18H24N2O2/c21-17(12-22-14-18-6-9-19(13-18)10-7-18)20-8-5-15-3-1-2-4-16(15)11-20/h1-4H,5-14H2. The van der Waals surface area contributed by atoms with Crippen LogP contribution < -0.4 is 0 Å². The van der Waals surface area contributed by atoms with Crippen molar-refractivity contribution < 1.29 is 9.53 Å². The Morgan fingerprint density at radius 3 is 2.64 bits per heavy atom. The quantitative estimate of drug-likeness (QED) is 0.848. The molecule has 2 bridgehead atoms. The molecule has 1 aromatic rings. The van der Waals surface area contributed by atoms with Crippen LogP contribution in [-0.4, -0.2) is 55.1 Å². The number of benzene rings is 1. The minimum atomic E-state index is 0.138. The molecule has 0 spiro atoms. The molecule has 2 saturated heterocycles. The lowest BCUT2D eigenvalue weighted by Gasteiger charge is -2.30. The summed E-state index contributed by atoms with van der Waals surface area (Å²) in [6, 6.07) is 8.42. The Labute approximate surface area is 132 Å². The second-order valence-electron chi connectivity index (χ2n) is 7.10. The molecule has 0 N–H and O–H groups in total. The van der Waals surface area contributed by atoms with Gasteiger partial charge in [0.2, 0.25) is 5.91 Å². The molecular formula is C18H24N2O2. The van der Waals surface area contributed by atoms with Crippen molar-refractivity contribution in [2.24, 2.45) is 5.41 Å². The van der Waals surface area contributed by atoms with Crippen LogP contribution in [-0.2, 0) is 22.5 Å². The second kappa shape index (κ2) is 5.67. The molecule has 3 aliphatic heterocycles. The highest BCUT2D eigenvalue weighted by Gasteiger charge is 2.43. The highest BCUT2D eigenvalue weighted by Crippen LogP contribution is 2.40. The maximum Gasteiger partial charge on any atom is 0.248 e. The van der Waals surface area contributed by atoms with E-state index in [0.717, 1.165) is 32.7 Å². The molecule has 0 radical (unpaired) electrons. The van der Waals surface area contributed by atoms with Crippen molar-refractivity contribution in [3.63, 3.8) is 0 Å². The Kier molecular flexibility index (Phi) is 3.66. The summed E-state index contributed by atoms with van der Waals surface area (Å²) in [5.41, 5.74) is 3.00. The lowest BCUT2D eigenvalue weighted by atomic mass is 9.86. The van der Waals surface area contributed by atoms with Crippen LogP contribution in [0.3, 0.4) is 0 Å². The highest BCUT2D eigenvalue weighted by molar-refractivity contribution is 5.77. The second-order valence-corrected chi connectivity index (χ2v) is 7.10. The summed E-state index contributed by atoms with van der Waals surface area (Å²) < 4.78 is 5.82. The molecule has 22 heavy (non-hydrogen) atoms. The predicted molar refractivity (Wildman–Crippen MR) is 84.5 cm³/mol. The number of carbonyl (C=O) groups excluding carboxylic acids is 1. The van der Waals surface area contributed by atoms with Gasteiger partial charge in [-0.3, -0.25) is 4.79 Å². The molecule has 118 valence electrons. The number of hydrogen-bond donors (Lipinski definition) is 0. The molecular weight excluding hydrogens is 276 g/mol. The zero-order chi connectivity index (χ0) is 15.0. The first kappa shape index (κ1) is 14.2. The third-order valence-corrected chi connectivity index (χ3v) is 5.59. The zero-order valence-electron chi connectivity index (χ0n) is 13.1. The largest absolute Gasteiger partial charge is 0.371 e. The first-order valence-electron chi connectivity index (χ1n) is 8.39. The van der Waals surface area contributed by atoms with Gasteiger partial charge in [-0.2, -0.15) is 0 Å². The molecule has 4 nitrogen and oxygen atoms in total. The minimum absolute atomic E-state index is 0.138. The van der Waals surface area contributed by atoms with Crippen LogP contribution in [0.25, 0.3) is 0 Å². The molecule has 4 heteroatoms. The van der Waals surface area contributed by atoms with Gasteiger partial charge in [-0.05, 0) is 43.5 Å². The van der Waals surface area contributed by atoms with Crippen LogP contribution in [0.15, 0.2) is 24.3 Å². The van der Waals surface area contributed by atoms with Crippen molar-refractivity contribution in [1.82, 2.24) is 9.80 Å². The SMILES string of the molecule is O=C(COCC12CCN(CC1)C2)N1CCc2ccccc2C1. The van der Waals surface area contributed by atoms with Crippen LogP contribution in [0.2, 0.25) is 0 Å². The number of piperidine rings is 1. The van der Waals surface area contributed by atoms with Crippen molar-refractivity contribution in [3.05, 3.63) is 35.4 Å². The molecule has 2 fully saturated rings. The molecule has 0 aromatic heterocycles. The van der Waals surface area contributed by atoms with Gasteiger partial charge in [0.15, 0.2) is 0 Å². The first-order valence-corrected chi connectivity index (χ1v) is 8.39. The van der Waals surface area contributed by atoms with Crippen LogP contribution >= 0.6 is 0 Å². The number of carbonyl (C=O) groups is 1. The van der Waals surface area contributed by atoms with E-state index in [1.165, 1.54) is 37.1 Å². The zero-order valence-corrected chi connectivity index (χ0v) is 13.1. The number of rotatable bonds is 4. The number of fused-ring (bicyclic) bond motifs is 3. The average molecular weight is 300 g/mol. The third-order valence-electron chi connectivity index (χ3n) is 5.59. The summed E-state index contributed by atoms with van der Waals surface area (Å²) in [4.78, 5) is 16.8. The molecule has 3 heterocycles. The number of ether oxygens (including phenoxy) is 1. The average Bonchev–Trinajstić information content (AvgIpc) is 3.15. The lowest BCUT2D eigenvalue weighted by Crippen LogP contribution is -2.39. The normalized spacial score (nSPS) is 29.6. The Morgan fingerprint density at radius 1 is 1.14 bits per heavy atom. The van der Waals surface area contributed by atoms with Crippen molar-refractivity contribution >= 4 is 5.91 Å². The van der Waals surface area contributed by atoms with E-state index in [1.54, 1.807) is 0 Å². The number of nitrogens with zero attached hydrogens (tertiary/aromatic N) is 2. The van der Waals surface area contributed by atoms with Gasteiger partial charge in [0.05, 0.1) is 6.61 Å². The molecule has 0 aliphatic carbocycles. The van der Waals surface area contributed by atoms with E-state index in [4.69, 9.17) is 4.74 Å². The van der Waals surface area contributed by atoms with Gasteiger partial charge in [-0.25, -0.2) is 0 Å². The van der Waals surface area contributed by atoms with Crippen molar-refractivity contribution in [2.45, 2.75) is 25.8 Å². The molecule has 1 amide bonds. The minimum Gasteiger partial charge on any atom is -0.371 e. The van der Waals surface area contributed by atoms with Gasteiger partial charge in [0.25, 0.3) is 0 Å². The van der Waals surface area contributed by atoms with E-state index in [2.05, 4.69) is 29.2 Å². The van der Waals surface area contributed by atoms with E-state index >= 15 is 0 Å². The van der Waals surface area contributed by atoms with Gasteiger partial charge < -0.3 is 14.5 Å². The summed E-state index contributed by atoms with van der Waals surface area (Å²) in [6.07, 6.45) is 3.43. The van der Waals surface area contributed by atoms with Gasteiger partial charge in [-0.15, -0.1) is 0 Å². The van der Waals surface area contributed by atoms with E-state index in [1.807, 2.05) is 4.90 Å². The third kappa shape index (κ3) is 2.66. The van der Waals surface area contributed by atoms with Crippen molar-refractivity contribution in [1.29, 1.82) is 0 Å². The summed E-state index contributed by atoms with van der Waals surface area (Å²) in [6.45, 7) is 6.12. The fourth-order valence-corrected chi connectivity index (χ4v) is 4.16. The van der Waals surface area contributed by atoms with E-state index < -0.39 is 0 Å². The van der Waals surface area contributed by atoms with E-state index in [9.17, 15) is 4.79 Å². The predicted octanol–water partition coefficient (Wildman–Crippen LogP) is 1.68. The summed E-state index contributed by atoms with van der Waals surface area (Å²) in [7, 11) is 0. The number of amides is 1. The highest BCUT2D eigenvalue weighted by atomic mass is 16.5. The van der Waals surface area contributed by atoms with Gasteiger partial charge in [0, 0.05) is 25.0 Å². The molecule has 0 saturated carbocycles. The number of hydrogen-bond acceptors (Lipinski definition) is 3. The van der Waals surface area contributed by atoms with E-state index in [0.29, 0.717) is 5.41 Å². The molecule has 1 aromatic carbocycles. The van der Waals surface area contributed by atoms with Gasteiger partial charge in [-0.1, -0.05) is 24.3 Å². The van der Waals surface area contributed by atoms with Gasteiger partial charge in [0.1, 0.15) is 6.61 Å². The van der Waals surface area contributed by atoms with Crippen molar-refractivity contribution in [2.75, 3.05) is 39.4 Å². The summed E-state index contributed by atoms with van der Waals surface area (Å²) in [5, 5.41) is 0. The van der Waals surface area contributed by atoms with Crippen LogP contribution in [0, 0.1) is 5.41 Å².